The third kappa shape index (κ3) is 2.96. The van der Waals surface area contributed by atoms with E-state index < -0.39 is 22.8 Å². The number of nitro groups is 1. The monoisotopic (exact) mass is 335 g/mol. The summed E-state index contributed by atoms with van der Waals surface area (Å²) in [6, 6.07) is 11.3. The second-order valence-corrected chi connectivity index (χ2v) is 4.69. The van der Waals surface area contributed by atoms with E-state index in [1.165, 1.54) is 42.5 Å². The van der Waals surface area contributed by atoms with Crippen LogP contribution in [0.4, 0.5) is 18.9 Å². The number of nitro benzene ring substituents is 1. The second-order valence-electron chi connectivity index (χ2n) is 4.69. The molecule has 0 fully saturated rings. The zero-order chi connectivity index (χ0) is 17.3. The number of ether oxygens (including phenoxy) is 1. The van der Waals surface area contributed by atoms with Gasteiger partial charge in [0.15, 0.2) is 0 Å². The zero-order valence-corrected chi connectivity index (χ0v) is 11.8. The van der Waals surface area contributed by atoms with Gasteiger partial charge in [-0.3, -0.25) is 10.1 Å². The molecular formula is C15H8F3N3O3. The Morgan fingerprint density at radius 2 is 1.67 bits per heavy atom. The minimum absolute atomic E-state index is 0.0217. The number of rotatable bonds is 3. The van der Waals surface area contributed by atoms with Crippen molar-refractivity contribution in [2.45, 2.75) is 6.18 Å². The lowest BCUT2D eigenvalue weighted by atomic mass is 10.2. The molecule has 24 heavy (non-hydrogen) atoms. The van der Waals surface area contributed by atoms with Gasteiger partial charge in [-0.25, -0.2) is 4.98 Å². The van der Waals surface area contributed by atoms with Gasteiger partial charge in [-0.2, -0.15) is 18.2 Å². The van der Waals surface area contributed by atoms with Crippen molar-refractivity contribution in [1.82, 2.24) is 9.97 Å². The van der Waals surface area contributed by atoms with Crippen LogP contribution < -0.4 is 4.74 Å². The molecular weight excluding hydrogens is 327 g/mol. The number of halogens is 3. The minimum atomic E-state index is -4.77. The fraction of sp³-hybridized carbons (Fsp3) is 0.0667. The van der Waals surface area contributed by atoms with Gasteiger partial charge in [-0.05, 0) is 18.2 Å². The van der Waals surface area contributed by atoms with Gasteiger partial charge in [-0.15, -0.1) is 0 Å². The molecule has 1 aromatic heterocycles. The molecule has 0 aliphatic carbocycles. The Kier molecular flexibility index (Phi) is 3.76. The van der Waals surface area contributed by atoms with Crippen molar-refractivity contribution in [1.29, 1.82) is 0 Å². The van der Waals surface area contributed by atoms with Gasteiger partial charge >= 0.3 is 11.9 Å². The zero-order valence-electron chi connectivity index (χ0n) is 11.8. The van der Waals surface area contributed by atoms with Gasteiger partial charge in [0, 0.05) is 6.07 Å². The predicted octanol–water partition coefficient (Wildman–Crippen LogP) is 4.35. The second kappa shape index (κ2) is 5.76. The van der Waals surface area contributed by atoms with Gasteiger partial charge in [0.05, 0.1) is 15.8 Å². The Bertz CT molecular complexity index is 928. The smallest absolute Gasteiger partial charge is 0.431 e. The maximum Gasteiger partial charge on any atom is 0.451 e. The predicted molar refractivity (Wildman–Crippen MR) is 77.7 cm³/mol. The normalized spacial score (nSPS) is 11.5. The third-order valence-electron chi connectivity index (χ3n) is 3.09. The lowest BCUT2D eigenvalue weighted by Crippen LogP contribution is -2.12. The standard InChI is InChI=1S/C15H8F3N3O3/c16-15(17,18)14-19-10-6-2-1-5-9(10)13(20-14)24-12-8-4-3-7-11(12)21(22)23/h1-8H. The topological polar surface area (TPSA) is 78.2 Å². The van der Waals surface area contributed by atoms with E-state index in [4.69, 9.17) is 4.74 Å². The third-order valence-corrected chi connectivity index (χ3v) is 3.09. The first kappa shape index (κ1) is 15.7. The van der Waals surface area contributed by atoms with Crippen LogP contribution in [0.3, 0.4) is 0 Å². The van der Waals surface area contributed by atoms with Crippen LogP contribution in [-0.2, 0) is 6.18 Å². The molecule has 0 unspecified atom stereocenters. The van der Waals surface area contributed by atoms with Crippen LogP contribution in [0.2, 0.25) is 0 Å². The summed E-state index contributed by atoms with van der Waals surface area (Å²) in [4.78, 5) is 17.2. The number of benzene rings is 2. The Hall–Kier alpha value is -3.23. The molecule has 2 aromatic carbocycles. The average molecular weight is 335 g/mol. The maximum absolute atomic E-state index is 13.0. The number of aromatic nitrogens is 2. The molecule has 0 N–H and O–H groups in total. The molecule has 0 atom stereocenters. The highest BCUT2D eigenvalue weighted by atomic mass is 19.4. The Balaban J connectivity index is 2.17. The number of para-hydroxylation sites is 3. The van der Waals surface area contributed by atoms with Crippen molar-refractivity contribution in [3.05, 3.63) is 64.5 Å². The molecule has 3 rings (SSSR count). The van der Waals surface area contributed by atoms with Gasteiger partial charge in [0.2, 0.25) is 17.5 Å². The molecule has 0 aliphatic rings. The van der Waals surface area contributed by atoms with E-state index in [1.54, 1.807) is 6.07 Å². The quantitative estimate of drug-likeness (QED) is 0.525. The molecule has 9 heteroatoms. The van der Waals surface area contributed by atoms with Crippen molar-refractivity contribution in [2.75, 3.05) is 0 Å². The van der Waals surface area contributed by atoms with Gasteiger partial charge < -0.3 is 4.74 Å². The van der Waals surface area contributed by atoms with Crippen LogP contribution in [0.15, 0.2) is 48.5 Å². The number of nitrogens with zero attached hydrogens (tertiary/aromatic N) is 3. The highest BCUT2D eigenvalue weighted by Gasteiger charge is 2.36. The Morgan fingerprint density at radius 1 is 1.00 bits per heavy atom. The van der Waals surface area contributed by atoms with Crippen molar-refractivity contribution in [3.63, 3.8) is 0 Å². The summed E-state index contributed by atoms with van der Waals surface area (Å²) < 4.78 is 44.2. The van der Waals surface area contributed by atoms with Crippen molar-refractivity contribution in [3.8, 4) is 11.6 Å². The molecule has 0 amide bonds. The van der Waals surface area contributed by atoms with Crippen LogP contribution in [0.5, 0.6) is 11.6 Å². The summed E-state index contributed by atoms with van der Waals surface area (Å²) in [6.45, 7) is 0. The van der Waals surface area contributed by atoms with Crippen molar-refractivity contribution < 1.29 is 22.8 Å². The van der Waals surface area contributed by atoms with E-state index in [0.717, 1.165) is 0 Å². The molecule has 3 aromatic rings. The SMILES string of the molecule is O=[N+]([O-])c1ccccc1Oc1nc(C(F)(F)F)nc2ccccc12. The lowest BCUT2D eigenvalue weighted by molar-refractivity contribution is -0.385. The number of hydrogen-bond acceptors (Lipinski definition) is 5. The summed E-state index contributed by atoms with van der Waals surface area (Å²) in [6.07, 6.45) is -4.77. The van der Waals surface area contributed by atoms with E-state index in [-0.39, 0.29) is 22.3 Å². The van der Waals surface area contributed by atoms with E-state index >= 15 is 0 Å². The van der Waals surface area contributed by atoms with Crippen LogP contribution >= 0.6 is 0 Å². The van der Waals surface area contributed by atoms with Gasteiger partial charge in [-0.1, -0.05) is 24.3 Å². The van der Waals surface area contributed by atoms with E-state index in [0.29, 0.717) is 0 Å². The first-order valence-electron chi connectivity index (χ1n) is 6.61. The summed E-state index contributed by atoms with van der Waals surface area (Å²) in [7, 11) is 0. The molecule has 0 spiro atoms. The molecule has 1 heterocycles. The summed E-state index contributed by atoms with van der Waals surface area (Å²) >= 11 is 0. The highest BCUT2D eigenvalue weighted by Crippen LogP contribution is 2.35. The molecule has 0 saturated heterocycles. The first-order chi connectivity index (χ1) is 11.4. The van der Waals surface area contributed by atoms with Crippen molar-refractivity contribution in [2.24, 2.45) is 0 Å². The fourth-order valence-corrected chi connectivity index (χ4v) is 2.05. The summed E-state index contributed by atoms with van der Waals surface area (Å²) in [5.41, 5.74) is -0.359. The van der Waals surface area contributed by atoms with Crippen molar-refractivity contribution >= 4 is 16.6 Å². The number of alkyl halides is 3. The van der Waals surface area contributed by atoms with Crippen LogP contribution in [-0.4, -0.2) is 14.9 Å². The van der Waals surface area contributed by atoms with Crippen LogP contribution in [0.1, 0.15) is 5.82 Å². The Labute approximate surface area is 132 Å². The average Bonchev–Trinajstić information content (AvgIpc) is 2.54. The number of fused-ring (bicyclic) bond motifs is 1. The molecule has 0 saturated carbocycles. The van der Waals surface area contributed by atoms with E-state index in [1.807, 2.05) is 0 Å². The summed E-state index contributed by atoms with van der Waals surface area (Å²) in [5.74, 6) is -1.99. The largest absolute Gasteiger partial charge is 0.451 e. The van der Waals surface area contributed by atoms with Gasteiger partial charge in [0.1, 0.15) is 0 Å². The minimum Gasteiger partial charge on any atom is -0.431 e. The molecule has 0 aliphatic heterocycles. The van der Waals surface area contributed by atoms with E-state index in [9.17, 15) is 23.3 Å². The number of hydrogen-bond donors (Lipinski definition) is 0. The Morgan fingerprint density at radius 3 is 2.38 bits per heavy atom. The lowest BCUT2D eigenvalue weighted by Gasteiger charge is -2.11. The van der Waals surface area contributed by atoms with Crippen LogP contribution in [0.25, 0.3) is 10.9 Å². The van der Waals surface area contributed by atoms with E-state index in [2.05, 4.69) is 9.97 Å². The maximum atomic E-state index is 13.0. The first-order valence-corrected chi connectivity index (χ1v) is 6.61. The molecule has 0 radical (unpaired) electrons. The fourth-order valence-electron chi connectivity index (χ4n) is 2.05. The van der Waals surface area contributed by atoms with Crippen LogP contribution in [0, 0.1) is 10.1 Å². The molecule has 122 valence electrons. The highest BCUT2D eigenvalue weighted by molar-refractivity contribution is 5.83. The van der Waals surface area contributed by atoms with Gasteiger partial charge in [0.25, 0.3) is 0 Å². The summed E-state index contributed by atoms with van der Waals surface area (Å²) in [5, 5.41) is 11.2. The molecule has 6 nitrogen and oxygen atoms in total. The molecule has 0 bridgehead atoms.